The zero-order valence-corrected chi connectivity index (χ0v) is 13.2. The summed E-state index contributed by atoms with van der Waals surface area (Å²) >= 11 is 0. The molecule has 0 unspecified atom stereocenters. The molecule has 0 atom stereocenters. The van der Waals surface area contributed by atoms with Gasteiger partial charge in [-0.1, -0.05) is 16.9 Å². The van der Waals surface area contributed by atoms with E-state index in [1.807, 2.05) is 18.2 Å². The fourth-order valence-electron chi connectivity index (χ4n) is 1.46. The van der Waals surface area contributed by atoms with Gasteiger partial charge in [0.1, 0.15) is 5.03 Å². The third kappa shape index (κ3) is 5.79. The molecule has 2 rings (SSSR count). The van der Waals surface area contributed by atoms with E-state index in [0.717, 1.165) is 5.03 Å². The van der Waals surface area contributed by atoms with Gasteiger partial charge in [-0.25, -0.2) is 4.98 Å². The first-order chi connectivity index (χ1) is 10.8. The van der Waals surface area contributed by atoms with Gasteiger partial charge in [-0.15, -0.1) is 0 Å². The van der Waals surface area contributed by atoms with Gasteiger partial charge in [0.25, 0.3) is 0 Å². The number of nitrogens with one attached hydrogen (secondary N) is 2. The second kappa shape index (κ2) is 9.11. The van der Waals surface area contributed by atoms with Gasteiger partial charge in [-0.05, 0) is 47.2 Å². The number of nitrogens with zero attached hydrogens (tertiary/aromatic N) is 1. The lowest BCUT2D eigenvalue weighted by Crippen LogP contribution is -2.29. The predicted molar refractivity (Wildman–Crippen MR) is 90.2 cm³/mol. The molecule has 22 heavy (non-hydrogen) atoms. The van der Waals surface area contributed by atoms with Gasteiger partial charge in [0.05, 0.1) is 5.69 Å². The molecule has 113 valence electrons. The Morgan fingerprint density at radius 2 is 2.00 bits per heavy atom. The molecule has 7 heteroatoms. The van der Waals surface area contributed by atoms with E-state index in [-0.39, 0.29) is 5.91 Å². The summed E-state index contributed by atoms with van der Waals surface area (Å²) in [6.45, 7) is 0. The summed E-state index contributed by atoms with van der Waals surface area (Å²) < 4.78 is 0. The lowest BCUT2D eigenvalue weighted by molar-refractivity contribution is -0.120. The average Bonchev–Trinajstić information content (AvgIpc) is 2.58. The topological polar surface area (TPSA) is 71.1 Å². The van der Waals surface area contributed by atoms with Gasteiger partial charge < -0.3 is 0 Å². The van der Waals surface area contributed by atoms with Crippen LogP contribution in [0.15, 0.2) is 53.7 Å². The summed E-state index contributed by atoms with van der Waals surface area (Å²) in [5.41, 5.74) is 6.59. The number of carbonyl (C=O) groups excluding carboxylic acids is 2. The number of rotatable bonds is 8. The first-order valence-corrected chi connectivity index (χ1v) is 8.83. The van der Waals surface area contributed by atoms with Crippen LogP contribution in [0.5, 0.6) is 0 Å². The molecule has 2 aromatic rings. The molecule has 5 nitrogen and oxygen atoms in total. The van der Waals surface area contributed by atoms with E-state index >= 15 is 0 Å². The van der Waals surface area contributed by atoms with Crippen LogP contribution >= 0.6 is 21.6 Å². The number of anilines is 1. The highest BCUT2D eigenvalue weighted by molar-refractivity contribution is 8.76. The minimum absolute atomic E-state index is 0.0971. The average molecular weight is 332 g/mol. The number of hydrazine groups is 1. The number of aromatic nitrogens is 1. The number of hydrogen-bond acceptors (Lipinski definition) is 6. The van der Waals surface area contributed by atoms with Crippen LogP contribution in [-0.2, 0) is 9.59 Å². The quantitative estimate of drug-likeness (QED) is 0.440. The van der Waals surface area contributed by atoms with Crippen LogP contribution in [0.25, 0.3) is 0 Å². The molecule has 0 spiro atoms. The maximum absolute atomic E-state index is 11.7. The molecule has 2 N–H and O–H groups in total. The molecule has 1 heterocycles. The molecule has 1 aromatic carbocycles. The van der Waals surface area contributed by atoms with Crippen molar-refractivity contribution in [3.05, 3.63) is 54.2 Å². The highest BCUT2D eigenvalue weighted by Crippen LogP contribution is 2.29. The van der Waals surface area contributed by atoms with Crippen molar-refractivity contribution in [2.24, 2.45) is 0 Å². The molecule has 0 aliphatic carbocycles. The van der Waals surface area contributed by atoms with Gasteiger partial charge >= 0.3 is 0 Å². The van der Waals surface area contributed by atoms with E-state index in [0.29, 0.717) is 23.4 Å². The van der Waals surface area contributed by atoms with Crippen molar-refractivity contribution in [1.29, 1.82) is 0 Å². The highest BCUT2D eigenvalue weighted by Gasteiger charge is 2.02. The molecule has 1 radical (unpaired) electrons. The summed E-state index contributed by atoms with van der Waals surface area (Å²) in [6, 6.07) is 12.4. The molecule has 0 fully saturated rings. The third-order valence-corrected chi connectivity index (χ3v) is 4.81. The molecular formula is C15H14N3O2S2. The Bertz CT molecular complexity index is 606. The number of benzene rings is 1. The van der Waals surface area contributed by atoms with Crippen LogP contribution < -0.4 is 10.9 Å². The van der Waals surface area contributed by atoms with Crippen LogP contribution in [0.3, 0.4) is 0 Å². The van der Waals surface area contributed by atoms with Gasteiger partial charge in [0, 0.05) is 23.9 Å². The van der Waals surface area contributed by atoms with Crippen molar-refractivity contribution in [2.45, 2.75) is 11.4 Å². The van der Waals surface area contributed by atoms with E-state index in [1.54, 1.807) is 58.3 Å². The van der Waals surface area contributed by atoms with Gasteiger partial charge in [-0.2, -0.15) is 0 Å². The van der Waals surface area contributed by atoms with Crippen molar-refractivity contribution in [2.75, 3.05) is 11.2 Å². The second-order valence-electron chi connectivity index (χ2n) is 4.18. The smallest absolute Gasteiger partial charge is 0.239 e. The van der Waals surface area contributed by atoms with Crippen LogP contribution in [0.2, 0.25) is 0 Å². The Kier molecular flexibility index (Phi) is 6.79. The van der Waals surface area contributed by atoms with E-state index < -0.39 is 0 Å². The Morgan fingerprint density at radius 1 is 1.18 bits per heavy atom. The summed E-state index contributed by atoms with van der Waals surface area (Å²) in [4.78, 5) is 26.3. The number of carbonyl (C=O) groups is 1. The maximum Gasteiger partial charge on any atom is 0.239 e. The number of pyridine rings is 1. The van der Waals surface area contributed by atoms with E-state index in [2.05, 4.69) is 15.8 Å². The minimum atomic E-state index is -0.0971. The van der Waals surface area contributed by atoms with Gasteiger partial charge in [0.15, 0.2) is 0 Å². The lowest BCUT2D eigenvalue weighted by atomic mass is 10.2. The largest absolute Gasteiger partial charge is 0.299 e. The molecule has 0 aliphatic rings. The summed E-state index contributed by atoms with van der Waals surface area (Å²) in [5.74, 6) is 0.591. The maximum atomic E-state index is 11.7. The van der Waals surface area contributed by atoms with Gasteiger partial charge in [-0.3, -0.25) is 20.4 Å². The van der Waals surface area contributed by atoms with Crippen molar-refractivity contribution >= 4 is 39.5 Å². The summed E-state index contributed by atoms with van der Waals surface area (Å²) in [5, 5.41) is 0.929. The molecule has 0 bridgehead atoms. The molecule has 1 amide bonds. The van der Waals surface area contributed by atoms with Crippen LogP contribution in [0.1, 0.15) is 12.0 Å². The SMILES string of the molecule is O=[C]c1ccc(NNC(=O)CCSSc2ccccn2)cc1. The van der Waals surface area contributed by atoms with E-state index in [1.165, 1.54) is 0 Å². The minimum Gasteiger partial charge on any atom is -0.299 e. The number of amides is 1. The normalized spacial score (nSPS) is 10.0. The Balaban J connectivity index is 1.62. The zero-order chi connectivity index (χ0) is 15.6. The molecule has 0 saturated carbocycles. The predicted octanol–water partition coefficient (Wildman–Crippen LogP) is 2.81. The third-order valence-electron chi connectivity index (χ3n) is 2.54. The Morgan fingerprint density at radius 3 is 2.68 bits per heavy atom. The zero-order valence-electron chi connectivity index (χ0n) is 11.6. The van der Waals surface area contributed by atoms with Crippen LogP contribution in [-0.4, -0.2) is 22.9 Å². The molecular weight excluding hydrogens is 318 g/mol. The number of hydrogen-bond donors (Lipinski definition) is 2. The van der Waals surface area contributed by atoms with Crippen molar-refractivity contribution in [3.63, 3.8) is 0 Å². The summed E-state index contributed by atoms with van der Waals surface area (Å²) in [7, 11) is 3.13. The second-order valence-corrected chi connectivity index (χ2v) is 6.61. The monoisotopic (exact) mass is 332 g/mol. The lowest BCUT2D eigenvalue weighted by Gasteiger charge is -2.08. The molecule has 1 aromatic heterocycles. The molecule has 0 aliphatic heterocycles. The fraction of sp³-hybridized carbons (Fsp3) is 0.133. The van der Waals surface area contributed by atoms with Crippen molar-refractivity contribution < 1.29 is 9.59 Å². The van der Waals surface area contributed by atoms with Crippen LogP contribution in [0, 0.1) is 0 Å². The van der Waals surface area contributed by atoms with Crippen LogP contribution in [0.4, 0.5) is 5.69 Å². The van der Waals surface area contributed by atoms with E-state index in [9.17, 15) is 9.59 Å². The Labute approximate surface area is 136 Å². The standard InChI is InChI=1S/C15H14N3O2S2/c19-11-12-4-6-13(7-5-12)17-18-14(20)8-10-21-22-15-3-1-2-9-16-15/h1-7,9,17H,8,10H2,(H,18,20). The van der Waals surface area contributed by atoms with Crippen molar-refractivity contribution in [3.8, 4) is 0 Å². The Hall–Kier alpha value is -1.99. The highest BCUT2D eigenvalue weighted by atomic mass is 33.1. The summed E-state index contributed by atoms with van der Waals surface area (Å²) in [6.07, 6.45) is 3.94. The first-order valence-electron chi connectivity index (χ1n) is 6.51. The van der Waals surface area contributed by atoms with Gasteiger partial charge in [0.2, 0.25) is 12.2 Å². The van der Waals surface area contributed by atoms with Crippen molar-refractivity contribution in [1.82, 2.24) is 10.4 Å². The molecule has 0 saturated heterocycles. The fourth-order valence-corrected chi connectivity index (χ4v) is 3.33. The van der Waals surface area contributed by atoms with E-state index in [4.69, 9.17) is 0 Å². The first kappa shape index (κ1) is 16.4.